The Kier molecular flexibility index (Phi) is 7.02. The van der Waals surface area contributed by atoms with E-state index in [1.807, 2.05) is 26.0 Å². The van der Waals surface area contributed by atoms with Crippen molar-refractivity contribution in [2.75, 3.05) is 11.9 Å². The fourth-order valence-electron chi connectivity index (χ4n) is 9.51. The van der Waals surface area contributed by atoms with Gasteiger partial charge < -0.3 is 25.0 Å². The molecular formula is C36H41FN2O6. The van der Waals surface area contributed by atoms with Crippen LogP contribution in [0.5, 0.6) is 0 Å². The smallest absolute Gasteiger partial charge is 0.193 e. The molecule has 0 radical (unpaired) electrons. The second kappa shape index (κ2) is 10.4. The maximum absolute atomic E-state index is 17.6. The molecule has 0 spiro atoms. The number of nitrogens with zero attached hydrogens (tertiary/aromatic N) is 1. The van der Waals surface area contributed by atoms with Crippen LogP contribution in [0.15, 0.2) is 66.4 Å². The molecule has 9 heteroatoms. The summed E-state index contributed by atoms with van der Waals surface area (Å²) in [5, 5.41) is 25.3. The van der Waals surface area contributed by atoms with Crippen molar-refractivity contribution in [1.82, 2.24) is 4.98 Å². The molecule has 0 unspecified atom stereocenters. The van der Waals surface area contributed by atoms with Gasteiger partial charge in [-0.3, -0.25) is 9.59 Å². The number of aromatic nitrogens is 1. The van der Waals surface area contributed by atoms with Gasteiger partial charge in [-0.1, -0.05) is 48.4 Å². The fraction of sp³-hybridized carbons (Fsp3) is 0.528. The molecule has 4 aliphatic carbocycles. The maximum Gasteiger partial charge on any atom is 0.193 e. The van der Waals surface area contributed by atoms with Gasteiger partial charge in [0, 0.05) is 34.6 Å². The van der Waals surface area contributed by atoms with Crippen molar-refractivity contribution in [1.29, 1.82) is 0 Å². The van der Waals surface area contributed by atoms with Crippen LogP contribution in [0.3, 0.4) is 0 Å². The van der Waals surface area contributed by atoms with E-state index in [2.05, 4.69) is 41.5 Å². The SMILES string of the molecule is Cc1ccc([C@H](C)Nc2ccc([C@@H]3O[C@@H]4C[C@H]5[C@@H]6CCC7=CC(=O)C=C[C@]7(C)[C@@]6(F)[C@@H](O)C[C@]5(C)[C@]4(C(=O)CO)O3)cn2)cc1. The molecule has 45 heavy (non-hydrogen) atoms. The Labute approximate surface area is 262 Å². The van der Waals surface area contributed by atoms with Gasteiger partial charge in [-0.15, -0.1) is 0 Å². The van der Waals surface area contributed by atoms with Gasteiger partial charge in [0.25, 0.3) is 0 Å². The van der Waals surface area contributed by atoms with E-state index in [9.17, 15) is 19.8 Å². The number of carbonyl (C=O) groups excluding carboxylic acids is 2. The Morgan fingerprint density at radius 1 is 1.18 bits per heavy atom. The first-order chi connectivity index (χ1) is 21.4. The van der Waals surface area contributed by atoms with E-state index in [1.165, 1.54) is 17.7 Å². The van der Waals surface area contributed by atoms with Crippen molar-refractivity contribution in [3.8, 4) is 0 Å². The van der Waals surface area contributed by atoms with Crippen molar-refractivity contribution in [2.45, 2.75) is 89.2 Å². The zero-order chi connectivity index (χ0) is 31.9. The van der Waals surface area contributed by atoms with Gasteiger partial charge in [0.2, 0.25) is 0 Å². The van der Waals surface area contributed by atoms with Crippen molar-refractivity contribution in [2.24, 2.45) is 22.7 Å². The molecule has 8 nitrogen and oxygen atoms in total. The molecule has 2 aromatic rings. The number of fused-ring (bicyclic) bond motifs is 7. The number of ketones is 2. The number of carbonyl (C=O) groups is 2. The predicted molar refractivity (Wildman–Crippen MR) is 165 cm³/mol. The van der Waals surface area contributed by atoms with E-state index in [1.54, 1.807) is 19.2 Å². The van der Waals surface area contributed by atoms with Crippen molar-refractivity contribution in [3.05, 3.63) is 83.1 Å². The zero-order valence-corrected chi connectivity index (χ0v) is 26.1. The summed E-state index contributed by atoms with van der Waals surface area (Å²) in [6.07, 6.45) is 4.33. The maximum atomic E-state index is 17.6. The molecule has 0 amide bonds. The predicted octanol–water partition coefficient (Wildman–Crippen LogP) is 5.26. The average molecular weight is 617 g/mol. The highest BCUT2D eigenvalue weighted by atomic mass is 19.1. The third-order valence-corrected chi connectivity index (χ3v) is 11.9. The van der Waals surface area contributed by atoms with Gasteiger partial charge >= 0.3 is 0 Å². The van der Waals surface area contributed by atoms with E-state index < -0.39 is 58.9 Å². The Morgan fingerprint density at radius 2 is 1.93 bits per heavy atom. The lowest BCUT2D eigenvalue weighted by molar-refractivity contribution is -0.231. The number of Topliss-reactive ketones (excluding diaryl/α,β-unsaturated/α-hetero) is 1. The molecule has 3 saturated carbocycles. The largest absolute Gasteiger partial charge is 0.390 e. The van der Waals surface area contributed by atoms with E-state index in [0.29, 0.717) is 36.2 Å². The van der Waals surface area contributed by atoms with Gasteiger partial charge in [-0.2, -0.15) is 0 Å². The lowest BCUT2D eigenvalue weighted by atomic mass is 9.44. The number of ether oxygens (including phenoxy) is 2. The molecule has 10 atom stereocenters. The summed E-state index contributed by atoms with van der Waals surface area (Å²) >= 11 is 0. The molecule has 1 saturated heterocycles. The number of hydrogen-bond acceptors (Lipinski definition) is 8. The number of pyridine rings is 1. The number of aliphatic hydroxyl groups excluding tert-OH is 2. The molecule has 238 valence electrons. The molecular weight excluding hydrogens is 575 g/mol. The average Bonchev–Trinajstić information content (AvgIpc) is 3.52. The number of allylic oxidation sites excluding steroid dienone is 4. The van der Waals surface area contributed by atoms with Gasteiger partial charge in [0.1, 0.15) is 12.4 Å². The Balaban J connectivity index is 1.16. The van der Waals surface area contributed by atoms with Gasteiger partial charge in [-0.05, 0) is 82.2 Å². The number of aliphatic hydroxyl groups is 2. The van der Waals surface area contributed by atoms with Crippen LogP contribution in [0.4, 0.5) is 10.2 Å². The standard InChI is InChI=1S/C36H41FN2O6/c1-20-5-7-22(8-6-20)21(2)39-31-12-9-23(18-38-31)32-44-30-16-27-26-11-10-24-15-25(41)13-14-33(24,3)35(26,37)28(42)17-34(27,4)36(30,45-32)29(43)19-40/h5-9,12-15,18,21,26-28,30,32,40,42H,10-11,16-17,19H2,1-4H3,(H,38,39)/t21-,26-,27-,28-,30+,32+,33-,34-,35-,36+/m0/s1. The lowest BCUT2D eigenvalue weighted by Crippen LogP contribution is -2.69. The normalized spacial score (nSPS) is 40.6. The monoisotopic (exact) mass is 616 g/mol. The summed E-state index contributed by atoms with van der Waals surface area (Å²) in [5.41, 5.74) is -2.10. The molecule has 0 bridgehead atoms. The molecule has 1 aliphatic heterocycles. The molecule has 2 heterocycles. The molecule has 5 aliphatic rings. The Morgan fingerprint density at radius 3 is 2.62 bits per heavy atom. The first kappa shape index (κ1) is 30.4. The number of nitrogens with one attached hydrogen (secondary N) is 1. The number of hydrogen-bond donors (Lipinski definition) is 3. The highest BCUT2D eigenvalue weighted by molar-refractivity contribution is 6.01. The van der Waals surface area contributed by atoms with E-state index in [4.69, 9.17) is 9.47 Å². The van der Waals surface area contributed by atoms with Crippen LogP contribution in [0, 0.1) is 29.6 Å². The highest BCUT2D eigenvalue weighted by Gasteiger charge is 2.79. The summed E-state index contributed by atoms with van der Waals surface area (Å²) in [5.74, 6) is -0.986. The van der Waals surface area contributed by atoms with Crippen LogP contribution in [0.2, 0.25) is 0 Å². The summed E-state index contributed by atoms with van der Waals surface area (Å²) in [6, 6.07) is 12.0. The second-order valence-corrected chi connectivity index (χ2v) is 14.1. The zero-order valence-electron chi connectivity index (χ0n) is 26.1. The minimum atomic E-state index is -2.04. The summed E-state index contributed by atoms with van der Waals surface area (Å²) in [6.45, 7) is 6.99. The van der Waals surface area contributed by atoms with Crippen molar-refractivity contribution >= 4 is 17.4 Å². The third kappa shape index (κ3) is 4.13. The summed E-state index contributed by atoms with van der Waals surface area (Å²) < 4.78 is 30.6. The van der Waals surface area contributed by atoms with E-state index >= 15 is 4.39 Å². The fourth-order valence-corrected chi connectivity index (χ4v) is 9.51. The third-order valence-electron chi connectivity index (χ3n) is 11.9. The highest BCUT2D eigenvalue weighted by Crippen LogP contribution is 2.72. The van der Waals surface area contributed by atoms with Gasteiger partial charge in [0.15, 0.2) is 29.1 Å². The quantitative estimate of drug-likeness (QED) is 0.403. The molecule has 1 aromatic carbocycles. The van der Waals surface area contributed by atoms with Crippen molar-refractivity contribution in [3.63, 3.8) is 0 Å². The van der Waals surface area contributed by atoms with Gasteiger partial charge in [0.05, 0.1) is 12.2 Å². The number of benzene rings is 1. The first-order valence-corrected chi connectivity index (χ1v) is 15.9. The topological polar surface area (TPSA) is 118 Å². The number of rotatable bonds is 6. The Hall–Kier alpha value is -3.24. The molecule has 1 aromatic heterocycles. The molecule has 3 N–H and O–H groups in total. The Bertz CT molecular complexity index is 1590. The summed E-state index contributed by atoms with van der Waals surface area (Å²) in [7, 11) is 0. The van der Waals surface area contributed by atoms with E-state index in [-0.39, 0.29) is 24.2 Å². The number of aryl methyl sites for hydroxylation is 1. The molecule has 7 rings (SSSR count). The van der Waals surface area contributed by atoms with Gasteiger partial charge in [-0.25, -0.2) is 9.37 Å². The minimum absolute atomic E-state index is 0.0307. The van der Waals surface area contributed by atoms with Crippen LogP contribution in [0.1, 0.15) is 75.5 Å². The first-order valence-electron chi connectivity index (χ1n) is 15.9. The van der Waals surface area contributed by atoms with Crippen LogP contribution in [0.25, 0.3) is 0 Å². The van der Waals surface area contributed by atoms with Crippen molar-refractivity contribution < 1.29 is 33.7 Å². The van der Waals surface area contributed by atoms with Crippen LogP contribution in [-0.4, -0.2) is 56.8 Å². The van der Waals surface area contributed by atoms with E-state index in [0.717, 1.165) is 5.56 Å². The lowest BCUT2D eigenvalue weighted by Gasteiger charge is -2.62. The minimum Gasteiger partial charge on any atom is -0.390 e. The number of anilines is 1. The molecule has 4 fully saturated rings. The van der Waals surface area contributed by atoms with Crippen LogP contribution < -0.4 is 5.32 Å². The number of halogens is 1. The van der Waals surface area contributed by atoms with Crippen LogP contribution in [-0.2, 0) is 19.1 Å². The summed E-state index contributed by atoms with van der Waals surface area (Å²) in [4.78, 5) is 30.5. The second-order valence-electron chi connectivity index (χ2n) is 14.1. The number of alkyl halides is 1. The van der Waals surface area contributed by atoms with Crippen LogP contribution >= 0.6 is 0 Å².